The third-order valence-electron chi connectivity index (χ3n) is 4.08. The van der Waals surface area contributed by atoms with Crippen LogP contribution in [0.2, 0.25) is 20.1 Å². The Balaban J connectivity index is 1.90. The molecule has 34 heavy (non-hydrogen) atoms. The molecule has 6 nitrogen and oxygen atoms in total. The Kier molecular flexibility index (Phi) is 7.79. The van der Waals surface area contributed by atoms with E-state index < -0.39 is 28.0 Å². The number of sulfonamides is 1. The fourth-order valence-corrected chi connectivity index (χ4v) is 4.72. The largest absolute Gasteiger partial charge is 0.573 e. The first-order valence-electron chi connectivity index (χ1n) is 8.89. The molecule has 180 valence electrons. The molecule has 0 unspecified atom stereocenters. The van der Waals surface area contributed by atoms with Gasteiger partial charge in [-0.05, 0) is 54.6 Å². The van der Waals surface area contributed by atoms with E-state index >= 15 is 0 Å². The molecular formula is C20H11Cl4F3N2O4S. The fourth-order valence-electron chi connectivity index (χ4n) is 2.63. The number of benzene rings is 3. The molecule has 3 rings (SSSR count). The van der Waals surface area contributed by atoms with Gasteiger partial charge in [0, 0.05) is 10.7 Å². The van der Waals surface area contributed by atoms with Gasteiger partial charge in [0.2, 0.25) is 0 Å². The first-order chi connectivity index (χ1) is 15.7. The Morgan fingerprint density at radius 3 is 2.09 bits per heavy atom. The number of rotatable bonds is 6. The summed E-state index contributed by atoms with van der Waals surface area (Å²) in [4.78, 5) is 12.6. The molecule has 3 aromatic rings. The van der Waals surface area contributed by atoms with E-state index in [1.807, 2.05) is 0 Å². The highest BCUT2D eigenvalue weighted by Gasteiger charge is 2.31. The standard InChI is InChI=1S/C20H11Cl4F3N2O4S/c21-10-7-14(19(30)28-11-1-3-12(4-2-11)33-20(25,26)27)18(17(24)8-10)29-34(31,32)13-5-6-15(22)16(23)9-13/h1-9,29H,(H,28,30). The Morgan fingerprint density at radius 1 is 0.853 bits per heavy atom. The van der Waals surface area contributed by atoms with Crippen LogP contribution in [0.3, 0.4) is 0 Å². The lowest BCUT2D eigenvalue weighted by atomic mass is 10.1. The van der Waals surface area contributed by atoms with Crippen molar-refractivity contribution in [3.05, 3.63) is 80.3 Å². The molecule has 0 bridgehead atoms. The summed E-state index contributed by atoms with van der Waals surface area (Å²) in [6.45, 7) is 0. The normalized spacial score (nSPS) is 11.7. The lowest BCUT2D eigenvalue weighted by Gasteiger charge is -2.15. The summed E-state index contributed by atoms with van der Waals surface area (Å²) in [5, 5.41) is 2.39. The Hall–Kier alpha value is -2.37. The van der Waals surface area contributed by atoms with E-state index in [1.165, 1.54) is 18.2 Å². The maximum absolute atomic E-state index is 12.9. The summed E-state index contributed by atoms with van der Waals surface area (Å²) in [7, 11) is -4.26. The molecule has 3 aromatic carbocycles. The highest BCUT2D eigenvalue weighted by Crippen LogP contribution is 2.34. The molecule has 0 fully saturated rings. The van der Waals surface area contributed by atoms with Gasteiger partial charge < -0.3 is 10.1 Å². The van der Waals surface area contributed by atoms with Crippen LogP contribution in [0, 0.1) is 0 Å². The number of hydrogen-bond acceptors (Lipinski definition) is 4. The molecular weight excluding hydrogens is 563 g/mol. The van der Waals surface area contributed by atoms with E-state index in [-0.39, 0.29) is 41.9 Å². The predicted octanol–water partition coefficient (Wildman–Crippen LogP) is 7.25. The molecule has 0 saturated heterocycles. The second-order valence-electron chi connectivity index (χ2n) is 6.52. The van der Waals surface area contributed by atoms with E-state index in [1.54, 1.807) is 0 Å². The van der Waals surface area contributed by atoms with Gasteiger partial charge in [-0.2, -0.15) is 0 Å². The van der Waals surface area contributed by atoms with Crippen molar-refractivity contribution in [1.82, 2.24) is 0 Å². The molecule has 0 aliphatic heterocycles. The van der Waals surface area contributed by atoms with E-state index in [0.717, 1.165) is 36.4 Å². The first-order valence-corrected chi connectivity index (χ1v) is 11.9. The van der Waals surface area contributed by atoms with Crippen LogP contribution in [-0.4, -0.2) is 20.7 Å². The van der Waals surface area contributed by atoms with E-state index in [9.17, 15) is 26.4 Å². The molecule has 0 aliphatic rings. The fraction of sp³-hybridized carbons (Fsp3) is 0.0500. The molecule has 2 N–H and O–H groups in total. The predicted molar refractivity (Wildman–Crippen MR) is 125 cm³/mol. The number of ether oxygens (including phenoxy) is 1. The Bertz CT molecular complexity index is 1350. The summed E-state index contributed by atoms with van der Waals surface area (Å²) in [5.41, 5.74) is -0.447. The molecule has 0 atom stereocenters. The van der Waals surface area contributed by atoms with Crippen molar-refractivity contribution in [2.75, 3.05) is 10.0 Å². The van der Waals surface area contributed by atoms with Crippen molar-refractivity contribution in [2.45, 2.75) is 11.3 Å². The van der Waals surface area contributed by atoms with Crippen molar-refractivity contribution in [2.24, 2.45) is 0 Å². The van der Waals surface area contributed by atoms with Crippen LogP contribution in [0.1, 0.15) is 10.4 Å². The number of amides is 1. The third kappa shape index (κ3) is 6.61. The van der Waals surface area contributed by atoms with E-state index in [4.69, 9.17) is 46.4 Å². The van der Waals surface area contributed by atoms with Gasteiger partial charge in [-0.3, -0.25) is 9.52 Å². The molecule has 1 amide bonds. The van der Waals surface area contributed by atoms with Crippen LogP contribution in [0.15, 0.2) is 59.5 Å². The molecule has 0 saturated carbocycles. The summed E-state index contributed by atoms with van der Waals surface area (Å²) >= 11 is 23.8. The first kappa shape index (κ1) is 26.2. The van der Waals surface area contributed by atoms with Crippen molar-refractivity contribution in [3.63, 3.8) is 0 Å². The van der Waals surface area contributed by atoms with Gasteiger partial charge in [0.25, 0.3) is 15.9 Å². The highest BCUT2D eigenvalue weighted by atomic mass is 35.5. The van der Waals surface area contributed by atoms with Crippen LogP contribution in [0.5, 0.6) is 5.75 Å². The molecule has 0 radical (unpaired) electrons. The van der Waals surface area contributed by atoms with E-state index in [0.29, 0.717) is 0 Å². The van der Waals surface area contributed by atoms with Crippen LogP contribution in [0.4, 0.5) is 24.5 Å². The molecule has 0 heterocycles. The maximum Gasteiger partial charge on any atom is 0.573 e. The van der Waals surface area contributed by atoms with Crippen LogP contribution in [0.25, 0.3) is 0 Å². The quantitative estimate of drug-likeness (QED) is 0.325. The Labute approximate surface area is 211 Å². The minimum atomic E-state index is -4.87. The summed E-state index contributed by atoms with van der Waals surface area (Å²) in [5.74, 6) is -1.34. The van der Waals surface area contributed by atoms with Crippen LogP contribution in [-0.2, 0) is 10.0 Å². The number of carbonyl (C=O) groups excluding carboxylic acids is 1. The van der Waals surface area contributed by atoms with Crippen LogP contribution < -0.4 is 14.8 Å². The summed E-state index contributed by atoms with van der Waals surface area (Å²) < 4.78 is 68.6. The van der Waals surface area contributed by atoms with Gasteiger partial charge in [0.05, 0.1) is 31.2 Å². The Morgan fingerprint density at radius 2 is 1.50 bits per heavy atom. The van der Waals surface area contributed by atoms with Gasteiger partial charge >= 0.3 is 6.36 Å². The summed E-state index contributed by atoms with van der Waals surface area (Å²) in [6, 6.07) is 10.3. The lowest BCUT2D eigenvalue weighted by Crippen LogP contribution is -2.19. The molecule has 0 spiro atoms. The number of hydrogen-bond donors (Lipinski definition) is 2. The molecule has 0 aliphatic carbocycles. The second-order valence-corrected chi connectivity index (χ2v) is 9.86. The second kappa shape index (κ2) is 10.1. The number of alkyl halides is 3. The van der Waals surface area contributed by atoms with Gasteiger partial charge in [-0.1, -0.05) is 46.4 Å². The van der Waals surface area contributed by atoms with E-state index in [2.05, 4.69) is 14.8 Å². The number of carbonyl (C=O) groups is 1. The van der Waals surface area contributed by atoms with Crippen molar-refractivity contribution in [3.8, 4) is 5.75 Å². The number of anilines is 2. The number of nitrogens with one attached hydrogen (secondary N) is 2. The molecule has 14 heteroatoms. The summed E-state index contributed by atoms with van der Waals surface area (Å²) in [6.07, 6.45) is -4.87. The van der Waals surface area contributed by atoms with Crippen molar-refractivity contribution in [1.29, 1.82) is 0 Å². The van der Waals surface area contributed by atoms with Gasteiger partial charge in [0.1, 0.15) is 5.75 Å². The zero-order chi connectivity index (χ0) is 25.3. The van der Waals surface area contributed by atoms with Gasteiger partial charge in [-0.25, -0.2) is 8.42 Å². The zero-order valence-corrected chi connectivity index (χ0v) is 20.2. The molecule has 0 aromatic heterocycles. The van der Waals surface area contributed by atoms with Crippen molar-refractivity contribution >= 4 is 73.7 Å². The SMILES string of the molecule is O=C(Nc1ccc(OC(F)(F)F)cc1)c1cc(Cl)cc(Cl)c1NS(=O)(=O)c1ccc(Cl)c(Cl)c1. The lowest BCUT2D eigenvalue weighted by molar-refractivity contribution is -0.274. The zero-order valence-electron chi connectivity index (χ0n) is 16.4. The highest BCUT2D eigenvalue weighted by molar-refractivity contribution is 7.92. The minimum absolute atomic E-state index is 0.0114. The van der Waals surface area contributed by atoms with Gasteiger partial charge in [-0.15, -0.1) is 13.2 Å². The minimum Gasteiger partial charge on any atom is -0.406 e. The van der Waals surface area contributed by atoms with Crippen LogP contribution >= 0.6 is 46.4 Å². The average Bonchev–Trinajstić information content (AvgIpc) is 2.72. The smallest absolute Gasteiger partial charge is 0.406 e. The maximum atomic E-state index is 12.9. The topological polar surface area (TPSA) is 84.5 Å². The third-order valence-corrected chi connectivity index (χ3v) is 6.69. The van der Waals surface area contributed by atoms with Crippen molar-refractivity contribution < 1.29 is 31.1 Å². The average molecular weight is 574 g/mol. The van der Waals surface area contributed by atoms with Gasteiger partial charge in [0.15, 0.2) is 0 Å². The monoisotopic (exact) mass is 572 g/mol. The number of halogens is 7.